The molecule has 0 saturated heterocycles. The number of hydrogen-bond donors (Lipinski definition) is 0. The van der Waals surface area contributed by atoms with Crippen LogP contribution in [-0.4, -0.2) is 17.9 Å². The maximum atomic E-state index is 13.0. The van der Waals surface area contributed by atoms with Gasteiger partial charge in [0.25, 0.3) is 0 Å². The molecule has 0 heterocycles. The third-order valence-electron chi connectivity index (χ3n) is 3.07. The molecule has 0 aliphatic carbocycles. The first kappa shape index (κ1) is 16.2. The zero-order valence-corrected chi connectivity index (χ0v) is 11.2. The summed E-state index contributed by atoms with van der Waals surface area (Å²) in [5, 5.41) is 0. The fourth-order valence-electron chi connectivity index (χ4n) is 1.61. The molecule has 110 valence electrons. The molecule has 1 aromatic rings. The minimum Gasteiger partial charge on any atom is -0.460 e. The fraction of sp³-hybridized carbons (Fsp3) is 0.429. The van der Waals surface area contributed by atoms with Crippen molar-refractivity contribution < 1.29 is 27.5 Å². The molecular formula is C14H15F3O3. The predicted molar refractivity (Wildman–Crippen MR) is 65.7 cm³/mol. The predicted octanol–water partition coefficient (Wildman–Crippen LogP) is 3.28. The standard InChI is InChI=1S/C14H15F3O3/c1-3-11(18)13(2,14(15,16)17)12(19)20-9-10-7-5-4-6-8-10/h4-8H,3,9H2,1-2H3. The number of alkyl halides is 3. The molecule has 0 bridgehead atoms. The maximum Gasteiger partial charge on any atom is 0.411 e. The summed E-state index contributed by atoms with van der Waals surface area (Å²) in [4.78, 5) is 23.2. The van der Waals surface area contributed by atoms with Crippen molar-refractivity contribution in [3.05, 3.63) is 35.9 Å². The van der Waals surface area contributed by atoms with Crippen LogP contribution in [0.5, 0.6) is 0 Å². The number of carbonyl (C=O) groups is 2. The molecule has 0 saturated carbocycles. The highest BCUT2D eigenvalue weighted by atomic mass is 19.4. The Morgan fingerprint density at radius 1 is 1.15 bits per heavy atom. The van der Waals surface area contributed by atoms with E-state index in [9.17, 15) is 22.8 Å². The van der Waals surface area contributed by atoms with E-state index in [4.69, 9.17) is 0 Å². The first-order chi connectivity index (χ1) is 9.23. The molecule has 3 nitrogen and oxygen atoms in total. The van der Waals surface area contributed by atoms with Gasteiger partial charge in [0.15, 0.2) is 5.78 Å². The van der Waals surface area contributed by atoms with Gasteiger partial charge in [-0.1, -0.05) is 37.3 Å². The largest absolute Gasteiger partial charge is 0.460 e. The van der Waals surface area contributed by atoms with Gasteiger partial charge in [0.2, 0.25) is 5.41 Å². The summed E-state index contributed by atoms with van der Waals surface area (Å²) < 4.78 is 43.7. The molecule has 0 aliphatic rings. The van der Waals surface area contributed by atoms with Gasteiger partial charge in [-0.2, -0.15) is 13.2 Å². The molecule has 0 aromatic heterocycles. The van der Waals surface area contributed by atoms with Gasteiger partial charge in [-0.25, -0.2) is 0 Å². The average molecular weight is 288 g/mol. The Hall–Kier alpha value is -1.85. The Bertz CT molecular complexity index is 482. The summed E-state index contributed by atoms with van der Waals surface area (Å²) in [7, 11) is 0. The topological polar surface area (TPSA) is 43.4 Å². The Morgan fingerprint density at radius 3 is 2.15 bits per heavy atom. The van der Waals surface area contributed by atoms with Crippen LogP contribution in [0.3, 0.4) is 0 Å². The fourth-order valence-corrected chi connectivity index (χ4v) is 1.61. The van der Waals surface area contributed by atoms with E-state index in [1.807, 2.05) is 0 Å². The van der Waals surface area contributed by atoms with Gasteiger partial charge < -0.3 is 4.74 Å². The molecule has 0 fully saturated rings. The number of benzene rings is 1. The third kappa shape index (κ3) is 3.18. The van der Waals surface area contributed by atoms with Gasteiger partial charge in [0.1, 0.15) is 6.61 Å². The third-order valence-corrected chi connectivity index (χ3v) is 3.07. The first-order valence-corrected chi connectivity index (χ1v) is 6.04. The maximum absolute atomic E-state index is 13.0. The quantitative estimate of drug-likeness (QED) is 0.617. The summed E-state index contributed by atoms with van der Waals surface area (Å²) in [6, 6.07) is 8.29. The lowest BCUT2D eigenvalue weighted by molar-refractivity contribution is -0.226. The molecule has 0 N–H and O–H groups in total. The molecule has 6 heteroatoms. The van der Waals surface area contributed by atoms with Crippen LogP contribution in [0.2, 0.25) is 0 Å². The Kier molecular flexibility index (Phi) is 4.92. The molecule has 1 aromatic carbocycles. The van der Waals surface area contributed by atoms with Crippen LogP contribution in [0.4, 0.5) is 13.2 Å². The monoisotopic (exact) mass is 288 g/mol. The Morgan fingerprint density at radius 2 is 1.70 bits per heavy atom. The van der Waals surface area contributed by atoms with Crippen molar-refractivity contribution in [2.45, 2.75) is 33.1 Å². The van der Waals surface area contributed by atoms with Crippen molar-refractivity contribution >= 4 is 11.8 Å². The van der Waals surface area contributed by atoms with Crippen molar-refractivity contribution in [3.8, 4) is 0 Å². The van der Waals surface area contributed by atoms with E-state index in [0.717, 1.165) is 0 Å². The summed E-state index contributed by atoms with van der Waals surface area (Å²) in [6.07, 6.45) is -5.37. The van der Waals surface area contributed by atoms with Crippen LogP contribution >= 0.6 is 0 Å². The number of ether oxygens (including phenoxy) is 1. The van der Waals surface area contributed by atoms with Crippen LogP contribution in [-0.2, 0) is 20.9 Å². The number of ketones is 1. The molecule has 1 rings (SSSR count). The van der Waals surface area contributed by atoms with Crippen molar-refractivity contribution in [3.63, 3.8) is 0 Å². The van der Waals surface area contributed by atoms with E-state index in [-0.39, 0.29) is 6.61 Å². The molecule has 1 atom stereocenters. The zero-order valence-electron chi connectivity index (χ0n) is 11.2. The molecule has 0 spiro atoms. The molecule has 1 unspecified atom stereocenters. The highest BCUT2D eigenvalue weighted by molar-refractivity contribution is 6.04. The molecule has 0 aliphatic heterocycles. The van der Waals surface area contributed by atoms with E-state index >= 15 is 0 Å². The highest BCUT2D eigenvalue weighted by Crippen LogP contribution is 2.40. The van der Waals surface area contributed by atoms with E-state index in [1.54, 1.807) is 30.3 Å². The summed E-state index contributed by atoms with van der Waals surface area (Å²) in [5.74, 6) is -2.77. The van der Waals surface area contributed by atoms with Gasteiger partial charge >= 0.3 is 12.1 Å². The molecule has 0 amide bonds. The minimum absolute atomic E-state index is 0.303. The van der Waals surface area contributed by atoms with Gasteiger partial charge in [-0.3, -0.25) is 9.59 Å². The second-order valence-corrected chi connectivity index (χ2v) is 4.46. The van der Waals surface area contributed by atoms with E-state index < -0.39 is 29.8 Å². The van der Waals surface area contributed by atoms with E-state index in [1.165, 1.54) is 6.92 Å². The van der Waals surface area contributed by atoms with Gasteiger partial charge in [-0.05, 0) is 12.5 Å². The molecule has 20 heavy (non-hydrogen) atoms. The number of rotatable bonds is 5. The van der Waals surface area contributed by atoms with Crippen LogP contribution in [0.25, 0.3) is 0 Å². The second-order valence-electron chi connectivity index (χ2n) is 4.46. The number of hydrogen-bond acceptors (Lipinski definition) is 3. The zero-order chi connectivity index (χ0) is 15.4. The number of halogens is 3. The van der Waals surface area contributed by atoms with Crippen LogP contribution in [0, 0.1) is 5.41 Å². The summed E-state index contributed by atoms with van der Waals surface area (Å²) >= 11 is 0. The van der Waals surface area contributed by atoms with Crippen LogP contribution in [0.1, 0.15) is 25.8 Å². The van der Waals surface area contributed by atoms with Crippen LogP contribution in [0.15, 0.2) is 30.3 Å². The minimum atomic E-state index is -4.98. The van der Waals surface area contributed by atoms with Crippen LogP contribution < -0.4 is 0 Å². The number of Topliss-reactive ketones (excluding diaryl/α,β-unsaturated/α-hetero) is 1. The summed E-state index contributed by atoms with van der Waals surface area (Å²) in [5.41, 5.74) is -2.56. The Balaban J connectivity index is 2.88. The second kappa shape index (κ2) is 6.07. The van der Waals surface area contributed by atoms with Crippen molar-refractivity contribution in [1.82, 2.24) is 0 Å². The normalized spacial score (nSPS) is 14.4. The van der Waals surface area contributed by atoms with Crippen molar-refractivity contribution in [2.24, 2.45) is 5.41 Å². The lowest BCUT2D eigenvalue weighted by Gasteiger charge is -2.27. The molecular weight excluding hydrogens is 273 g/mol. The van der Waals surface area contributed by atoms with Gasteiger partial charge in [0.05, 0.1) is 0 Å². The van der Waals surface area contributed by atoms with Gasteiger partial charge in [0, 0.05) is 6.42 Å². The van der Waals surface area contributed by atoms with E-state index in [0.29, 0.717) is 12.5 Å². The average Bonchev–Trinajstić information content (AvgIpc) is 2.42. The highest BCUT2D eigenvalue weighted by Gasteiger charge is 2.62. The van der Waals surface area contributed by atoms with Gasteiger partial charge in [-0.15, -0.1) is 0 Å². The number of carbonyl (C=O) groups excluding carboxylic acids is 2. The summed E-state index contributed by atoms with van der Waals surface area (Å²) in [6.45, 7) is 1.53. The first-order valence-electron chi connectivity index (χ1n) is 6.04. The molecule has 0 radical (unpaired) electrons. The Labute approximate surface area is 114 Å². The number of esters is 1. The van der Waals surface area contributed by atoms with E-state index in [2.05, 4.69) is 4.74 Å². The SMILES string of the molecule is CCC(=O)C(C)(C(=O)OCc1ccccc1)C(F)(F)F. The van der Waals surface area contributed by atoms with Crippen molar-refractivity contribution in [2.75, 3.05) is 0 Å². The smallest absolute Gasteiger partial charge is 0.411 e. The lowest BCUT2D eigenvalue weighted by atomic mass is 9.83. The lowest BCUT2D eigenvalue weighted by Crippen LogP contribution is -2.49. The van der Waals surface area contributed by atoms with Crippen molar-refractivity contribution in [1.29, 1.82) is 0 Å².